The number of ether oxygens (including phenoxy) is 7. The molecular formula is C23H40O10. The molecule has 1 atom stereocenters. The highest BCUT2D eigenvalue weighted by molar-refractivity contribution is 5.86. The summed E-state index contributed by atoms with van der Waals surface area (Å²) in [6.45, 7) is 15.5. The second kappa shape index (κ2) is 14.3. The van der Waals surface area contributed by atoms with E-state index in [-0.39, 0.29) is 75.9 Å². The molecule has 0 bridgehead atoms. The Morgan fingerprint density at radius 2 is 1.03 bits per heavy atom. The minimum absolute atomic E-state index is 0.00722. The first-order valence-corrected chi connectivity index (χ1v) is 11.7. The summed E-state index contributed by atoms with van der Waals surface area (Å²) in [6.07, 6.45) is 0. The molecule has 1 aliphatic carbocycles. The van der Waals surface area contributed by atoms with E-state index >= 15 is 0 Å². The second-order valence-electron chi connectivity index (χ2n) is 6.42. The van der Waals surface area contributed by atoms with Crippen LogP contribution >= 0.6 is 0 Å². The first-order chi connectivity index (χ1) is 16.0. The normalized spacial score (nSPS) is 20.0. The van der Waals surface area contributed by atoms with E-state index in [1.54, 1.807) is 48.5 Å². The SMILES string of the molecule is CCOOC(=O)C1(OCC)C(OCC)=C(OCC)C(OCC)=C(OCC)C1(OCC)OCC. The molecule has 192 valence electrons. The fourth-order valence-corrected chi connectivity index (χ4v) is 3.61. The molecule has 0 fully saturated rings. The van der Waals surface area contributed by atoms with E-state index in [1.807, 2.05) is 6.92 Å². The first kappa shape index (κ1) is 29.0. The van der Waals surface area contributed by atoms with Crippen LogP contribution in [0.15, 0.2) is 23.0 Å². The summed E-state index contributed by atoms with van der Waals surface area (Å²) in [7, 11) is 0. The molecule has 0 amide bonds. The highest BCUT2D eigenvalue weighted by Crippen LogP contribution is 2.52. The Bertz CT molecular complexity index is 666. The van der Waals surface area contributed by atoms with Gasteiger partial charge in [-0.3, -0.25) is 4.89 Å². The lowest BCUT2D eigenvalue weighted by molar-refractivity contribution is -0.343. The monoisotopic (exact) mass is 476 g/mol. The molecule has 1 rings (SSSR count). The Balaban J connectivity index is 4.23. The summed E-state index contributed by atoms with van der Waals surface area (Å²) in [6, 6.07) is 0. The van der Waals surface area contributed by atoms with Crippen LogP contribution in [0.4, 0.5) is 0 Å². The first-order valence-electron chi connectivity index (χ1n) is 11.7. The number of carbonyl (C=O) groups excluding carboxylic acids is 1. The van der Waals surface area contributed by atoms with E-state index < -0.39 is 17.4 Å². The Hall–Kier alpha value is -2.01. The van der Waals surface area contributed by atoms with Crippen molar-refractivity contribution in [3.63, 3.8) is 0 Å². The maximum atomic E-state index is 13.8. The van der Waals surface area contributed by atoms with Gasteiger partial charge in [0.2, 0.25) is 17.3 Å². The van der Waals surface area contributed by atoms with E-state index in [0.29, 0.717) is 0 Å². The molecule has 0 saturated heterocycles. The lowest BCUT2D eigenvalue weighted by Gasteiger charge is -2.49. The van der Waals surface area contributed by atoms with Crippen molar-refractivity contribution in [2.45, 2.75) is 66.8 Å². The third kappa shape index (κ3) is 5.56. The van der Waals surface area contributed by atoms with E-state index in [2.05, 4.69) is 0 Å². The van der Waals surface area contributed by atoms with Crippen molar-refractivity contribution in [3.05, 3.63) is 23.0 Å². The molecule has 0 saturated carbocycles. The van der Waals surface area contributed by atoms with Gasteiger partial charge < -0.3 is 33.2 Å². The summed E-state index contributed by atoms with van der Waals surface area (Å²) in [5.74, 6) is -2.47. The van der Waals surface area contributed by atoms with Gasteiger partial charge in [0.1, 0.15) is 0 Å². The minimum Gasteiger partial charge on any atom is -0.490 e. The molecule has 0 radical (unpaired) electrons. The molecule has 10 nitrogen and oxygen atoms in total. The van der Waals surface area contributed by atoms with Crippen LogP contribution < -0.4 is 0 Å². The van der Waals surface area contributed by atoms with Gasteiger partial charge in [0.05, 0.1) is 33.0 Å². The summed E-state index contributed by atoms with van der Waals surface area (Å²) < 4.78 is 42.5. The lowest BCUT2D eigenvalue weighted by Crippen LogP contribution is -2.69. The Morgan fingerprint density at radius 3 is 1.45 bits per heavy atom. The number of rotatable bonds is 17. The van der Waals surface area contributed by atoms with Crippen molar-refractivity contribution in [1.82, 2.24) is 0 Å². The minimum atomic E-state index is -2.12. The van der Waals surface area contributed by atoms with Crippen LogP contribution in [-0.4, -0.2) is 70.2 Å². The van der Waals surface area contributed by atoms with Crippen LogP contribution in [0, 0.1) is 0 Å². The summed E-state index contributed by atoms with van der Waals surface area (Å²) in [5.41, 5.74) is -2.12. The topological polar surface area (TPSA) is 100 Å². The summed E-state index contributed by atoms with van der Waals surface area (Å²) in [4.78, 5) is 23.9. The summed E-state index contributed by atoms with van der Waals surface area (Å²) in [5, 5.41) is 0. The van der Waals surface area contributed by atoms with Gasteiger partial charge >= 0.3 is 5.97 Å². The van der Waals surface area contributed by atoms with Gasteiger partial charge in [-0.25, -0.2) is 4.79 Å². The largest absolute Gasteiger partial charge is 0.490 e. The van der Waals surface area contributed by atoms with Crippen LogP contribution in [0.1, 0.15) is 55.4 Å². The molecule has 0 aromatic carbocycles. The van der Waals surface area contributed by atoms with Crippen molar-refractivity contribution in [3.8, 4) is 0 Å². The third-order valence-electron chi connectivity index (χ3n) is 4.45. The van der Waals surface area contributed by atoms with E-state index in [0.717, 1.165) is 0 Å². The van der Waals surface area contributed by atoms with Gasteiger partial charge in [0.15, 0.2) is 5.76 Å². The average Bonchev–Trinajstić information content (AvgIpc) is 2.80. The standard InChI is InChI=1S/C23H40O10/c1-9-25-17-18(26-10-2)20(28-12-4)23(30-14-6,31-15-7)22(29-13-5,19(17)27-11-3)21(24)33-32-16-8/h9-16H2,1-8H3. The fraction of sp³-hybridized carbons (Fsp3) is 0.783. The van der Waals surface area contributed by atoms with Crippen LogP contribution in [0.25, 0.3) is 0 Å². The van der Waals surface area contributed by atoms with Crippen molar-refractivity contribution in [2.24, 2.45) is 0 Å². The van der Waals surface area contributed by atoms with E-state index in [9.17, 15) is 4.79 Å². The van der Waals surface area contributed by atoms with Gasteiger partial charge in [-0.05, 0) is 55.4 Å². The zero-order chi connectivity index (χ0) is 24.9. The molecule has 10 heteroatoms. The van der Waals surface area contributed by atoms with Gasteiger partial charge in [-0.1, -0.05) is 0 Å². The molecule has 1 unspecified atom stereocenters. The lowest BCUT2D eigenvalue weighted by atomic mass is 9.82. The fourth-order valence-electron chi connectivity index (χ4n) is 3.61. The highest BCUT2D eigenvalue weighted by Gasteiger charge is 2.73. The Kier molecular flexibility index (Phi) is 12.6. The van der Waals surface area contributed by atoms with Crippen molar-refractivity contribution in [2.75, 3.05) is 52.9 Å². The van der Waals surface area contributed by atoms with Crippen molar-refractivity contribution in [1.29, 1.82) is 0 Å². The Labute approximate surface area is 196 Å². The van der Waals surface area contributed by atoms with Gasteiger partial charge in [0, 0.05) is 19.8 Å². The smallest absolute Gasteiger partial charge is 0.388 e. The van der Waals surface area contributed by atoms with Crippen LogP contribution in [-0.2, 0) is 47.7 Å². The molecule has 0 N–H and O–H groups in total. The van der Waals surface area contributed by atoms with Gasteiger partial charge in [-0.2, -0.15) is 4.89 Å². The maximum absolute atomic E-state index is 13.8. The maximum Gasteiger partial charge on any atom is 0.388 e. The van der Waals surface area contributed by atoms with Crippen molar-refractivity contribution < 1.29 is 47.7 Å². The van der Waals surface area contributed by atoms with E-state index in [4.69, 9.17) is 42.9 Å². The molecule has 0 aromatic heterocycles. The van der Waals surface area contributed by atoms with Crippen LogP contribution in [0.5, 0.6) is 0 Å². The van der Waals surface area contributed by atoms with E-state index in [1.165, 1.54) is 0 Å². The van der Waals surface area contributed by atoms with Crippen LogP contribution in [0.2, 0.25) is 0 Å². The predicted octanol–water partition coefficient (Wildman–Crippen LogP) is 3.61. The molecule has 0 aliphatic heterocycles. The van der Waals surface area contributed by atoms with Crippen LogP contribution in [0.3, 0.4) is 0 Å². The van der Waals surface area contributed by atoms with Gasteiger partial charge in [-0.15, -0.1) is 0 Å². The molecule has 0 spiro atoms. The average molecular weight is 477 g/mol. The molecule has 0 heterocycles. The predicted molar refractivity (Wildman–Crippen MR) is 119 cm³/mol. The zero-order valence-electron chi connectivity index (χ0n) is 21.2. The number of carbonyl (C=O) groups is 1. The molecular weight excluding hydrogens is 436 g/mol. The molecule has 33 heavy (non-hydrogen) atoms. The Morgan fingerprint density at radius 1 is 0.576 bits per heavy atom. The summed E-state index contributed by atoms with van der Waals surface area (Å²) >= 11 is 0. The second-order valence-corrected chi connectivity index (χ2v) is 6.42. The number of hydrogen-bond acceptors (Lipinski definition) is 10. The number of hydrogen-bond donors (Lipinski definition) is 0. The van der Waals surface area contributed by atoms with Crippen molar-refractivity contribution >= 4 is 5.97 Å². The highest BCUT2D eigenvalue weighted by atomic mass is 17.2. The third-order valence-corrected chi connectivity index (χ3v) is 4.45. The van der Waals surface area contributed by atoms with Gasteiger partial charge in [0.25, 0.3) is 11.4 Å². The quantitative estimate of drug-likeness (QED) is 0.176. The molecule has 1 aliphatic rings. The molecule has 0 aromatic rings. The zero-order valence-corrected chi connectivity index (χ0v) is 21.2.